The Morgan fingerprint density at radius 3 is 1.53 bits per heavy atom. The normalized spacial score (nSPS) is 14.8. The van der Waals surface area contributed by atoms with E-state index in [4.69, 9.17) is 20.4 Å². The van der Waals surface area contributed by atoms with Crippen LogP contribution in [0.4, 0.5) is 0 Å². The number of rotatable bonds is 7. The van der Waals surface area contributed by atoms with Gasteiger partial charge in [0.05, 0.1) is 25.4 Å². The average molecular weight is 250 g/mol. The van der Waals surface area contributed by atoms with Crippen LogP contribution in [0.5, 0.6) is 0 Å². The first-order chi connectivity index (χ1) is 7.89. The summed E-state index contributed by atoms with van der Waals surface area (Å²) in [6, 6.07) is 0. The van der Waals surface area contributed by atoms with Gasteiger partial charge in [-0.1, -0.05) is 26.7 Å². The summed E-state index contributed by atoms with van der Waals surface area (Å²) in [6.07, 6.45) is 2.83. The van der Waals surface area contributed by atoms with Crippen LogP contribution < -0.4 is 0 Å². The Balaban J connectivity index is 0. The first-order valence-electron chi connectivity index (χ1n) is 6.47. The lowest BCUT2D eigenvalue weighted by Crippen LogP contribution is -2.28. The Kier molecular flexibility index (Phi) is 12.4. The van der Waals surface area contributed by atoms with Crippen LogP contribution in [0.15, 0.2) is 0 Å². The van der Waals surface area contributed by atoms with E-state index < -0.39 is 12.2 Å². The Bertz CT molecular complexity index is 139. The third-order valence-corrected chi connectivity index (χ3v) is 3.18. The molecule has 0 amide bonds. The van der Waals surface area contributed by atoms with Gasteiger partial charge >= 0.3 is 0 Å². The van der Waals surface area contributed by atoms with Crippen molar-refractivity contribution >= 4 is 0 Å². The predicted octanol–water partition coefficient (Wildman–Crippen LogP) is 1.31. The SMILES string of the molecule is CC(O)C(C)O.CCCCC(CC)(CO)CO. The van der Waals surface area contributed by atoms with E-state index >= 15 is 0 Å². The summed E-state index contributed by atoms with van der Waals surface area (Å²) in [5.74, 6) is 0. The van der Waals surface area contributed by atoms with Crippen molar-refractivity contribution in [3.63, 3.8) is 0 Å². The van der Waals surface area contributed by atoms with Crippen molar-refractivity contribution in [2.75, 3.05) is 13.2 Å². The molecule has 0 saturated carbocycles. The lowest BCUT2D eigenvalue weighted by atomic mass is 9.82. The van der Waals surface area contributed by atoms with Crippen molar-refractivity contribution in [3.8, 4) is 0 Å². The second kappa shape index (κ2) is 11.0. The van der Waals surface area contributed by atoms with Crippen LogP contribution >= 0.6 is 0 Å². The highest BCUT2D eigenvalue weighted by molar-refractivity contribution is 4.75. The Hall–Kier alpha value is -0.160. The summed E-state index contributed by atoms with van der Waals surface area (Å²) >= 11 is 0. The van der Waals surface area contributed by atoms with Gasteiger partial charge in [0.1, 0.15) is 0 Å². The van der Waals surface area contributed by atoms with Crippen molar-refractivity contribution in [2.24, 2.45) is 5.41 Å². The van der Waals surface area contributed by atoms with E-state index in [1.54, 1.807) is 13.8 Å². The highest BCUT2D eigenvalue weighted by Crippen LogP contribution is 2.27. The third kappa shape index (κ3) is 9.53. The molecule has 0 heterocycles. The van der Waals surface area contributed by atoms with Gasteiger partial charge in [-0.25, -0.2) is 0 Å². The maximum Gasteiger partial charge on any atom is 0.0768 e. The number of hydrogen-bond donors (Lipinski definition) is 4. The number of unbranched alkanes of at least 4 members (excludes halogenated alkanes) is 1. The highest BCUT2D eigenvalue weighted by atomic mass is 16.3. The number of aliphatic hydroxyl groups excluding tert-OH is 4. The van der Waals surface area contributed by atoms with Gasteiger partial charge in [0.2, 0.25) is 0 Å². The zero-order valence-electron chi connectivity index (χ0n) is 11.7. The molecule has 0 aromatic heterocycles. The van der Waals surface area contributed by atoms with Crippen molar-refractivity contribution in [3.05, 3.63) is 0 Å². The molecule has 0 aromatic carbocycles. The van der Waals surface area contributed by atoms with E-state index in [0.717, 1.165) is 25.7 Å². The Morgan fingerprint density at radius 1 is 0.941 bits per heavy atom. The van der Waals surface area contributed by atoms with Gasteiger partial charge in [-0.3, -0.25) is 0 Å². The lowest BCUT2D eigenvalue weighted by molar-refractivity contribution is 0.0420. The molecule has 4 nitrogen and oxygen atoms in total. The van der Waals surface area contributed by atoms with Crippen molar-refractivity contribution in [1.29, 1.82) is 0 Å². The fourth-order valence-corrected chi connectivity index (χ4v) is 1.16. The van der Waals surface area contributed by atoms with Crippen molar-refractivity contribution < 1.29 is 20.4 Å². The van der Waals surface area contributed by atoms with Crippen LogP contribution in [0.1, 0.15) is 53.4 Å². The molecule has 2 atom stereocenters. The molecule has 0 aliphatic heterocycles. The quantitative estimate of drug-likeness (QED) is 0.549. The molecule has 106 valence electrons. The molecule has 4 N–H and O–H groups in total. The zero-order valence-corrected chi connectivity index (χ0v) is 11.7. The average Bonchev–Trinajstić information content (AvgIpc) is 2.32. The summed E-state index contributed by atoms with van der Waals surface area (Å²) in [7, 11) is 0. The molecular weight excluding hydrogens is 220 g/mol. The van der Waals surface area contributed by atoms with Gasteiger partial charge in [0.15, 0.2) is 0 Å². The van der Waals surface area contributed by atoms with Crippen molar-refractivity contribution in [2.45, 2.75) is 65.6 Å². The Labute approximate surface area is 105 Å². The summed E-state index contributed by atoms with van der Waals surface area (Å²) in [4.78, 5) is 0. The first-order valence-corrected chi connectivity index (χ1v) is 6.47. The standard InChI is InChI=1S/C9H20O2.C4H10O2/c1-3-5-6-9(4-2,7-10)8-11;1-3(5)4(2)6/h10-11H,3-8H2,1-2H3;3-6H,1-2H3. The summed E-state index contributed by atoms with van der Waals surface area (Å²) in [5, 5.41) is 34.8. The number of aliphatic hydroxyl groups is 4. The van der Waals surface area contributed by atoms with Gasteiger partial charge < -0.3 is 20.4 Å². The van der Waals surface area contributed by atoms with Crippen LogP contribution in [-0.2, 0) is 0 Å². The van der Waals surface area contributed by atoms with Crippen LogP contribution in [0.2, 0.25) is 0 Å². The smallest absolute Gasteiger partial charge is 0.0768 e. The molecule has 0 rings (SSSR count). The molecule has 17 heavy (non-hydrogen) atoms. The largest absolute Gasteiger partial charge is 0.396 e. The lowest BCUT2D eigenvalue weighted by Gasteiger charge is -2.27. The molecule has 2 unspecified atom stereocenters. The zero-order chi connectivity index (χ0) is 13.9. The van der Waals surface area contributed by atoms with E-state index in [9.17, 15) is 0 Å². The first kappa shape index (κ1) is 19.2. The van der Waals surface area contributed by atoms with Gasteiger partial charge in [-0.05, 0) is 26.7 Å². The van der Waals surface area contributed by atoms with E-state index in [0.29, 0.717) is 0 Å². The highest BCUT2D eigenvalue weighted by Gasteiger charge is 2.25. The minimum absolute atomic E-state index is 0.111. The van der Waals surface area contributed by atoms with E-state index in [2.05, 4.69) is 6.92 Å². The minimum atomic E-state index is -0.593. The maximum absolute atomic E-state index is 9.04. The minimum Gasteiger partial charge on any atom is -0.396 e. The molecule has 0 saturated heterocycles. The summed E-state index contributed by atoms with van der Waals surface area (Å²) in [5.41, 5.74) is -0.212. The molecular formula is C13H30O4. The predicted molar refractivity (Wildman–Crippen MR) is 69.8 cm³/mol. The van der Waals surface area contributed by atoms with Crippen LogP contribution in [-0.4, -0.2) is 45.8 Å². The monoisotopic (exact) mass is 250 g/mol. The van der Waals surface area contributed by atoms with Gasteiger partial charge in [0, 0.05) is 5.41 Å². The van der Waals surface area contributed by atoms with Gasteiger partial charge in [-0.15, -0.1) is 0 Å². The van der Waals surface area contributed by atoms with Gasteiger partial charge in [0.25, 0.3) is 0 Å². The molecule has 4 heteroatoms. The molecule has 0 aromatic rings. The van der Waals surface area contributed by atoms with Gasteiger partial charge in [-0.2, -0.15) is 0 Å². The van der Waals surface area contributed by atoms with E-state index in [1.165, 1.54) is 0 Å². The van der Waals surface area contributed by atoms with Crippen LogP contribution in [0.3, 0.4) is 0 Å². The Morgan fingerprint density at radius 2 is 1.35 bits per heavy atom. The molecule has 0 radical (unpaired) electrons. The van der Waals surface area contributed by atoms with Crippen LogP contribution in [0, 0.1) is 5.41 Å². The molecule has 0 aliphatic carbocycles. The number of hydrogen-bond acceptors (Lipinski definition) is 4. The molecule has 0 fully saturated rings. The van der Waals surface area contributed by atoms with E-state index in [1.807, 2.05) is 6.92 Å². The second-order valence-electron chi connectivity index (χ2n) is 4.75. The molecule has 0 aliphatic rings. The van der Waals surface area contributed by atoms with E-state index in [-0.39, 0.29) is 18.6 Å². The molecule has 0 bridgehead atoms. The topological polar surface area (TPSA) is 80.9 Å². The maximum atomic E-state index is 9.04. The van der Waals surface area contributed by atoms with Crippen LogP contribution in [0.25, 0.3) is 0 Å². The van der Waals surface area contributed by atoms with Crippen molar-refractivity contribution in [1.82, 2.24) is 0 Å². The molecule has 0 spiro atoms. The fraction of sp³-hybridized carbons (Fsp3) is 1.00. The fourth-order valence-electron chi connectivity index (χ4n) is 1.16. The third-order valence-electron chi connectivity index (χ3n) is 3.18. The second-order valence-corrected chi connectivity index (χ2v) is 4.75. The summed E-state index contributed by atoms with van der Waals surface area (Å²) in [6.45, 7) is 7.45. The summed E-state index contributed by atoms with van der Waals surface area (Å²) < 4.78 is 0.